The number of nitrogens with one attached hydrogen (secondary N) is 2. The van der Waals surface area contributed by atoms with Crippen LogP contribution in [0.15, 0.2) is 0 Å². The van der Waals surface area contributed by atoms with E-state index >= 15 is 0 Å². The van der Waals surface area contributed by atoms with E-state index in [0.29, 0.717) is 12.1 Å². The number of likely N-dealkylation sites (N-methyl/N-ethyl adjacent to an activating group) is 1. The van der Waals surface area contributed by atoms with Crippen molar-refractivity contribution in [2.75, 3.05) is 12.4 Å². The van der Waals surface area contributed by atoms with E-state index in [4.69, 9.17) is 11.6 Å². The number of nitrogens with zero attached hydrogens (tertiary/aromatic N) is 2. The second kappa shape index (κ2) is 5.58. The second-order valence-electron chi connectivity index (χ2n) is 3.42. The monoisotopic (exact) mass is 256 g/mol. The SMILES string of the molecule is CNC(=O)C(C)Nc1nc(C)nc(Cl)c1C=O. The zero-order valence-corrected chi connectivity index (χ0v) is 10.5. The zero-order chi connectivity index (χ0) is 13.0. The van der Waals surface area contributed by atoms with Crippen molar-refractivity contribution in [1.82, 2.24) is 15.3 Å². The van der Waals surface area contributed by atoms with Gasteiger partial charge in [-0.25, -0.2) is 9.97 Å². The molecule has 1 aromatic heterocycles. The van der Waals surface area contributed by atoms with Gasteiger partial charge in [0.15, 0.2) is 6.29 Å². The van der Waals surface area contributed by atoms with Crippen LogP contribution >= 0.6 is 11.6 Å². The summed E-state index contributed by atoms with van der Waals surface area (Å²) < 4.78 is 0. The van der Waals surface area contributed by atoms with E-state index in [9.17, 15) is 9.59 Å². The molecule has 1 heterocycles. The molecule has 1 amide bonds. The van der Waals surface area contributed by atoms with Gasteiger partial charge in [-0.1, -0.05) is 11.6 Å². The van der Waals surface area contributed by atoms with Crippen LogP contribution in [0.4, 0.5) is 5.82 Å². The summed E-state index contributed by atoms with van der Waals surface area (Å²) in [5.74, 6) is 0.468. The van der Waals surface area contributed by atoms with Crippen LogP contribution < -0.4 is 10.6 Å². The Morgan fingerprint density at radius 2 is 2.12 bits per heavy atom. The number of amides is 1. The molecule has 0 aliphatic rings. The highest BCUT2D eigenvalue weighted by Crippen LogP contribution is 2.19. The summed E-state index contributed by atoms with van der Waals surface area (Å²) >= 11 is 5.81. The fourth-order valence-electron chi connectivity index (χ4n) is 1.25. The molecule has 7 heteroatoms. The highest BCUT2D eigenvalue weighted by atomic mass is 35.5. The van der Waals surface area contributed by atoms with E-state index in [2.05, 4.69) is 20.6 Å². The van der Waals surface area contributed by atoms with Gasteiger partial charge in [-0.3, -0.25) is 9.59 Å². The van der Waals surface area contributed by atoms with Crippen LogP contribution in [0, 0.1) is 6.92 Å². The van der Waals surface area contributed by atoms with Crippen molar-refractivity contribution in [3.63, 3.8) is 0 Å². The molecule has 0 saturated carbocycles. The minimum absolute atomic E-state index is 0.0686. The molecule has 0 radical (unpaired) electrons. The zero-order valence-electron chi connectivity index (χ0n) is 9.74. The Morgan fingerprint density at radius 1 is 1.47 bits per heavy atom. The fourth-order valence-corrected chi connectivity index (χ4v) is 1.50. The number of carbonyl (C=O) groups excluding carboxylic acids is 2. The highest BCUT2D eigenvalue weighted by molar-refractivity contribution is 6.32. The second-order valence-corrected chi connectivity index (χ2v) is 3.78. The molecule has 2 N–H and O–H groups in total. The number of anilines is 1. The van der Waals surface area contributed by atoms with Crippen molar-refractivity contribution in [2.45, 2.75) is 19.9 Å². The molecule has 0 aliphatic heterocycles. The number of halogens is 1. The smallest absolute Gasteiger partial charge is 0.241 e. The lowest BCUT2D eigenvalue weighted by Gasteiger charge is -2.14. The normalized spacial score (nSPS) is 11.8. The van der Waals surface area contributed by atoms with E-state index < -0.39 is 6.04 Å². The lowest BCUT2D eigenvalue weighted by Crippen LogP contribution is -2.35. The van der Waals surface area contributed by atoms with Crippen molar-refractivity contribution in [3.05, 3.63) is 16.5 Å². The Balaban J connectivity index is 3.05. The molecule has 0 saturated heterocycles. The van der Waals surface area contributed by atoms with Crippen LogP contribution in [0.3, 0.4) is 0 Å². The predicted octanol–water partition coefficient (Wildman–Crippen LogP) is 0.797. The summed E-state index contributed by atoms with van der Waals surface area (Å²) in [6.45, 7) is 3.30. The minimum Gasteiger partial charge on any atom is -0.358 e. The van der Waals surface area contributed by atoms with Crippen LogP contribution in [0.2, 0.25) is 5.15 Å². The third-order valence-electron chi connectivity index (χ3n) is 2.12. The molecule has 17 heavy (non-hydrogen) atoms. The molecule has 0 bridgehead atoms. The average Bonchev–Trinajstić information content (AvgIpc) is 2.27. The lowest BCUT2D eigenvalue weighted by molar-refractivity contribution is -0.121. The summed E-state index contributed by atoms with van der Waals surface area (Å²) in [5.41, 5.74) is 0.146. The molecule has 0 spiro atoms. The van der Waals surface area contributed by atoms with Crippen molar-refractivity contribution >= 4 is 29.6 Å². The molecule has 0 aromatic carbocycles. The molecular weight excluding hydrogens is 244 g/mol. The van der Waals surface area contributed by atoms with E-state index in [-0.39, 0.29) is 22.4 Å². The van der Waals surface area contributed by atoms with Crippen LogP contribution in [0.25, 0.3) is 0 Å². The van der Waals surface area contributed by atoms with Gasteiger partial charge in [0.1, 0.15) is 22.8 Å². The van der Waals surface area contributed by atoms with Crippen LogP contribution in [0.1, 0.15) is 23.1 Å². The first-order valence-corrected chi connectivity index (χ1v) is 5.34. The van der Waals surface area contributed by atoms with E-state index in [0.717, 1.165) is 0 Å². The molecule has 1 rings (SSSR count). The summed E-state index contributed by atoms with van der Waals surface area (Å²) in [6.07, 6.45) is 0.556. The van der Waals surface area contributed by atoms with Crippen molar-refractivity contribution in [2.24, 2.45) is 0 Å². The number of hydrogen-bond donors (Lipinski definition) is 2. The number of aryl methyl sites for hydroxylation is 1. The number of rotatable bonds is 4. The molecule has 0 fully saturated rings. The van der Waals surface area contributed by atoms with E-state index in [1.165, 1.54) is 7.05 Å². The highest BCUT2D eigenvalue weighted by Gasteiger charge is 2.16. The van der Waals surface area contributed by atoms with Gasteiger partial charge in [0, 0.05) is 7.05 Å². The van der Waals surface area contributed by atoms with Crippen LogP contribution in [-0.2, 0) is 4.79 Å². The van der Waals surface area contributed by atoms with Crippen molar-refractivity contribution in [3.8, 4) is 0 Å². The van der Waals surface area contributed by atoms with Crippen LogP contribution in [-0.4, -0.2) is 35.3 Å². The maximum absolute atomic E-state index is 11.3. The lowest BCUT2D eigenvalue weighted by atomic mass is 10.2. The average molecular weight is 257 g/mol. The van der Waals surface area contributed by atoms with Gasteiger partial charge in [0.25, 0.3) is 0 Å². The third-order valence-corrected chi connectivity index (χ3v) is 2.41. The van der Waals surface area contributed by atoms with Crippen molar-refractivity contribution < 1.29 is 9.59 Å². The molecule has 1 atom stereocenters. The van der Waals surface area contributed by atoms with Crippen LogP contribution in [0.5, 0.6) is 0 Å². The maximum atomic E-state index is 11.3. The predicted molar refractivity (Wildman–Crippen MR) is 64.3 cm³/mol. The van der Waals surface area contributed by atoms with Crippen molar-refractivity contribution in [1.29, 1.82) is 0 Å². The standard InChI is InChI=1S/C10H13ClN4O2/c1-5(10(17)12-3)13-9-7(4-16)8(11)14-6(2)15-9/h4-5H,1-3H3,(H,12,17)(H,13,14,15). The first-order valence-electron chi connectivity index (χ1n) is 4.97. The largest absolute Gasteiger partial charge is 0.358 e. The Kier molecular flexibility index (Phi) is 4.39. The molecule has 1 unspecified atom stereocenters. The molecular formula is C10H13ClN4O2. The van der Waals surface area contributed by atoms with E-state index in [1.807, 2.05) is 0 Å². The third kappa shape index (κ3) is 3.13. The Hall–Kier alpha value is -1.69. The number of aromatic nitrogens is 2. The molecule has 6 nitrogen and oxygen atoms in total. The molecule has 92 valence electrons. The summed E-state index contributed by atoms with van der Waals surface area (Å²) in [4.78, 5) is 30.1. The maximum Gasteiger partial charge on any atom is 0.241 e. The first kappa shape index (κ1) is 13.4. The Morgan fingerprint density at radius 3 is 2.65 bits per heavy atom. The topological polar surface area (TPSA) is 84.0 Å². The van der Waals surface area contributed by atoms with Gasteiger partial charge in [0.2, 0.25) is 5.91 Å². The van der Waals surface area contributed by atoms with Gasteiger partial charge in [-0.2, -0.15) is 0 Å². The van der Waals surface area contributed by atoms with Gasteiger partial charge < -0.3 is 10.6 Å². The van der Waals surface area contributed by atoms with Gasteiger partial charge in [0.05, 0.1) is 5.56 Å². The van der Waals surface area contributed by atoms with Gasteiger partial charge in [-0.15, -0.1) is 0 Å². The first-order chi connectivity index (χ1) is 7.99. The molecule has 1 aromatic rings. The summed E-state index contributed by atoms with van der Waals surface area (Å²) in [5, 5.41) is 5.37. The summed E-state index contributed by atoms with van der Waals surface area (Å²) in [7, 11) is 1.53. The molecule has 0 aliphatic carbocycles. The number of carbonyl (C=O) groups is 2. The quantitative estimate of drug-likeness (QED) is 0.615. The van der Waals surface area contributed by atoms with E-state index in [1.54, 1.807) is 13.8 Å². The summed E-state index contributed by atoms with van der Waals surface area (Å²) in [6, 6.07) is -0.524. The Labute approximate surface area is 104 Å². The number of aldehydes is 1. The fraction of sp³-hybridized carbons (Fsp3) is 0.400. The number of hydrogen-bond acceptors (Lipinski definition) is 5. The van der Waals surface area contributed by atoms with Gasteiger partial charge >= 0.3 is 0 Å². The Bertz CT molecular complexity index is 450. The minimum atomic E-state index is -0.524. The van der Waals surface area contributed by atoms with Gasteiger partial charge in [-0.05, 0) is 13.8 Å².